The Labute approximate surface area is 189 Å². The third-order valence-corrected chi connectivity index (χ3v) is 7.02. The van der Waals surface area contributed by atoms with Gasteiger partial charge in [-0.1, -0.05) is 17.4 Å². The number of nitrogens with one attached hydrogen (secondary N) is 2. The van der Waals surface area contributed by atoms with Crippen LogP contribution in [-0.2, 0) is 14.8 Å². The first kappa shape index (κ1) is 21.7. The first-order valence-corrected chi connectivity index (χ1v) is 11.9. The highest BCUT2D eigenvalue weighted by molar-refractivity contribution is 7.92. The highest BCUT2D eigenvalue weighted by Gasteiger charge is 2.17. The number of hydrogen-bond acceptors (Lipinski definition) is 7. The second-order valence-corrected chi connectivity index (χ2v) is 9.73. The lowest BCUT2D eigenvalue weighted by molar-refractivity contribution is -0.114. The summed E-state index contributed by atoms with van der Waals surface area (Å²) in [5, 5.41) is 3.22. The summed E-state index contributed by atoms with van der Waals surface area (Å²) in [6, 6.07) is 13.6. The summed E-state index contributed by atoms with van der Waals surface area (Å²) < 4.78 is 34.3. The SMILES string of the molecule is COc1ccc(S(=O)(=O)Nc2cc(-c3ccc4nc(NC(C)=O)sc4c3)cnc2C)cc1. The van der Waals surface area contributed by atoms with Crippen LogP contribution < -0.4 is 14.8 Å². The van der Waals surface area contributed by atoms with Gasteiger partial charge in [0.15, 0.2) is 5.13 Å². The molecule has 2 N–H and O–H groups in total. The number of thiazole rings is 1. The van der Waals surface area contributed by atoms with Crippen LogP contribution in [-0.4, -0.2) is 31.4 Å². The Morgan fingerprint density at radius 3 is 2.50 bits per heavy atom. The molecule has 0 radical (unpaired) electrons. The van der Waals surface area contributed by atoms with Gasteiger partial charge in [0.25, 0.3) is 10.0 Å². The Morgan fingerprint density at radius 1 is 1.06 bits per heavy atom. The predicted molar refractivity (Wildman–Crippen MR) is 126 cm³/mol. The zero-order chi connectivity index (χ0) is 22.9. The number of ether oxygens (including phenoxy) is 1. The highest BCUT2D eigenvalue weighted by Crippen LogP contribution is 2.32. The number of pyridine rings is 1. The molecule has 164 valence electrons. The molecule has 2 aromatic heterocycles. The van der Waals surface area contributed by atoms with Gasteiger partial charge in [-0.2, -0.15) is 0 Å². The molecule has 10 heteroatoms. The topological polar surface area (TPSA) is 110 Å². The van der Waals surface area contributed by atoms with Gasteiger partial charge in [0.1, 0.15) is 5.75 Å². The molecule has 0 aliphatic carbocycles. The van der Waals surface area contributed by atoms with E-state index in [0.29, 0.717) is 22.3 Å². The Morgan fingerprint density at radius 2 is 1.81 bits per heavy atom. The molecule has 0 unspecified atom stereocenters. The third-order valence-electron chi connectivity index (χ3n) is 4.71. The van der Waals surface area contributed by atoms with Crippen LogP contribution in [0.4, 0.5) is 10.8 Å². The molecule has 0 atom stereocenters. The average molecular weight is 469 g/mol. The van der Waals surface area contributed by atoms with Crippen molar-refractivity contribution in [3.8, 4) is 16.9 Å². The van der Waals surface area contributed by atoms with E-state index < -0.39 is 10.0 Å². The largest absolute Gasteiger partial charge is 0.497 e. The van der Waals surface area contributed by atoms with Crippen molar-refractivity contribution in [3.63, 3.8) is 0 Å². The predicted octanol–water partition coefficient (Wildman–Crippen LogP) is 4.43. The molecular weight excluding hydrogens is 448 g/mol. The lowest BCUT2D eigenvalue weighted by Crippen LogP contribution is -2.14. The maximum absolute atomic E-state index is 12.8. The molecule has 2 aromatic carbocycles. The number of anilines is 2. The fraction of sp³-hybridized carbons (Fsp3) is 0.136. The molecule has 0 saturated heterocycles. The Hall–Kier alpha value is -3.50. The van der Waals surface area contributed by atoms with Crippen LogP contribution in [0.15, 0.2) is 59.6 Å². The zero-order valence-corrected chi connectivity index (χ0v) is 19.2. The average Bonchev–Trinajstić information content (AvgIpc) is 3.16. The van der Waals surface area contributed by atoms with Gasteiger partial charge in [0.2, 0.25) is 5.91 Å². The minimum atomic E-state index is -3.80. The van der Waals surface area contributed by atoms with Crippen molar-refractivity contribution in [2.75, 3.05) is 17.1 Å². The number of aromatic nitrogens is 2. The molecule has 0 spiro atoms. The number of nitrogens with zero attached hydrogens (tertiary/aromatic N) is 2. The number of aryl methyl sites for hydroxylation is 1. The van der Waals surface area contributed by atoms with Crippen LogP contribution in [0.2, 0.25) is 0 Å². The minimum absolute atomic E-state index is 0.125. The van der Waals surface area contributed by atoms with Crippen LogP contribution in [0.5, 0.6) is 5.75 Å². The van der Waals surface area contributed by atoms with Gasteiger partial charge in [0.05, 0.1) is 33.6 Å². The van der Waals surface area contributed by atoms with Crippen molar-refractivity contribution in [1.29, 1.82) is 0 Å². The molecule has 4 rings (SSSR count). The Balaban J connectivity index is 1.65. The van der Waals surface area contributed by atoms with E-state index in [0.717, 1.165) is 21.3 Å². The highest BCUT2D eigenvalue weighted by atomic mass is 32.2. The summed E-state index contributed by atoms with van der Waals surface area (Å²) in [7, 11) is -2.28. The maximum atomic E-state index is 12.8. The van der Waals surface area contributed by atoms with Crippen LogP contribution in [0.1, 0.15) is 12.6 Å². The summed E-state index contributed by atoms with van der Waals surface area (Å²) in [5.41, 5.74) is 3.31. The summed E-state index contributed by atoms with van der Waals surface area (Å²) in [4.78, 5) is 20.2. The van der Waals surface area contributed by atoms with E-state index in [1.165, 1.54) is 37.5 Å². The van der Waals surface area contributed by atoms with Crippen LogP contribution in [0.25, 0.3) is 21.3 Å². The van der Waals surface area contributed by atoms with Gasteiger partial charge < -0.3 is 10.1 Å². The molecular formula is C22H20N4O4S2. The Bertz CT molecular complexity index is 1410. The van der Waals surface area contributed by atoms with Gasteiger partial charge in [-0.15, -0.1) is 0 Å². The number of hydrogen-bond donors (Lipinski definition) is 2. The number of sulfonamides is 1. The van der Waals surface area contributed by atoms with E-state index in [4.69, 9.17) is 4.74 Å². The molecule has 2 heterocycles. The molecule has 0 aliphatic rings. The van der Waals surface area contributed by atoms with Crippen LogP contribution in [0, 0.1) is 6.92 Å². The minimum Gasteiger partial charge on any atom is -0.497 e. The maximum Gasteiger partial charge on any atom is 0.261 e. The van der Waals surface area contributed by atoms with Gasteiger partial charge in [-0.25, -0.2) is 13.4 Å². The molecule has 32 heavy (non-hydrogen) atoms. The fourth-order valence-corrected chi connectivity index (χ4v) is 5.12. The van der Waals surface area contributed by atoms with E-state index in [9.17, 15) is 13.2 Å². The quantitative estimate of drug-likeness (QED) is 0.433. The summed E-state index contributed by atoms with van der Waals surface area (Å²) >= 11 is 1.37. The van der Waals surface area contributed by atoms with Gasteiger partial charge in [0, 0.05) is 18.7 Å². The first-order valence-electron chi connectivity index (χ1n) is 9.57. The summed E-state index contributed by atoms with van der Waals surface area (Å²) in [6.07, 6.45) is 1.69. The van der Waals surface area contributed by atoms with Crippen LogP contribution >= 0.6 is 11.3 Å². The van der Waals surface area contributed by atoms with E-state index in [1.54, 1.807) is 31.3 Å². The molecule has 8 nitrogen and oxygen atoms in total. The second-order valence-electron chi connectivity index (χ2n) is 7.02. The molecule has 0 bridgehead atoms. The summed E-state index contributed by atoms with van der Waals surface area (Å²) in [6.45, 7) is 3.17. The monoisotopic (exact) mass is 468 g/mol. The number of carbonyl (C=O) groups is 1. The van der Waals surface area contributed by atoms with Gasteiger partial charge in [-0.05, 0) is 55.0 Å². The van der Waals surface area contributed by atoms with E-state index in [-0.39, 0.29) is 10.8 Å². The Kier molecular flexibility index (Phi) is 5.81. The number of carbonyl (C=O) groups excluding carboxylic acids is 1. The normalized spacial score (nSPS) is 11.3. The third kappa shape index (κ3) is 4.56. The van der Waals surface area contributed by atoms with E-state index in [2.05, 4.69) is 20.0 Å². The van der Waals surface area contributed by atoms with Gasteiger partial charge in [-0.3, -0.25) is 14.5 Å². The van der Waals surface area contributed by atoms with Crippen molar-refractivity contribution in [3.05, 3.63) is 60.4 Å². The van der Waals surface area contributed by atoms with E-state index in [1.807, 2.05) is 18.2 Å². The smallest absolute Gasteiger partial charge is 0.261 e. The second kappa shape index (κ2) is 8.56. The molecule has 0 saturated carbocycles. The molecule has 1 amide bonds. The molecule has 0 fully saturated rings. The van der Waals surface area contributed by atoms with Gasteiger partial charge >= 0.3 is 0 Å². The van der Waals surface area contributed by atoms with Crippen molar-refractivity contribution < 1.29 is 17.9 Å². The number of amides is 1. The number of rotatable bonds is 6. The van der Waals surface area contributed by atoms with Crippen LogP contribution in [0.3, 0.4) is 0 Å². The lowest BCUT2D eigenvalue weighted by Gasteiger charge is -2.12. The number of fused-ring (bicyclic) bond motifs is 1. The molecule has 4 aromatic rings. The number of methoxy groups -OCH3 is 1. The standard InChI is InChI=1S/C22H20N4O4S2/c1-13-20(26-32(28,29)18-7-5-17(30-3)6-8-18)10-16(12-23-13)15-4-9-19-21(11-15)31-22(25-19)24-14(2)27/h4-12,26H,1-3H3,(H,24,25,27). The van der Waals surface area contributed by atoms with Crippen molar-refractivity contribution in [2.45, 2.75) is 18.7 Å². The summed E-state index contributed by atoms with van der Waals surface area (Å²) in [5.74, 6) is 0.393. The zero-order valence-electron chi connectivity index (χ0n) is 17.5. The number of benzene rings is 2. The fourth-order valence-electron chi connectivity index (χ4n) is 3.06. The van der Waals surface area contributed by atoms with Crippen molar-refractivity contribution >= 4 is 48.3 Å². The lowest BCUT2D eigenvalue weighted by atomic mass is 10.1. The first-order chi connectivity index (χ1) is 15.2. The van der Waals surface area contributed by atoms with Crippen molar-refractivity contribution in [2.24, 2.45) is 0 Å². The van der Waals surface area contributed by atoms with Crippen molar-refractivity contribution in [1.82, 2.24) is 9.97 Å². The molecule has 0 aliphatic heterocycles. The van der Waals surface area contributed by atoms with E-state index >= 15 is 0 Å².